The molecule has 0 radical (unpaired) electrons. The van der Waals surface area contributed by atoms with Crippen molar-refractivity contribution in [2.45, 2.75) is 18.1 Å². The molecule has 5 nitrogen and oxygen atoms in total. The van der Waals surface area contributed by atoms with E-state index in [4.69, 9.17) is 5.26 Å². The summed E-state index contributed by atoms with van der Waals surface area (Å²) in [6.07, 6.45) is 0. The molecule has 0 unspecified atom stereocenters. The summed E-state index contributed by atoms with van der Waals surface area (Å²) in [5.74, 6) is 0.591. The van der Waals surface area contributed by atoms with Crippen LogP contribution in [0.5, 0.6) is 0 Å². The van der Waals surface area contributed by atoms with Crippen molar-refractivity contribution in [1.82, 2.24) is 9.21 Å². The molecule has 0 bridgehead atoms. The largest absolute Gasteiger partial charge is 0.300 e. The van der Waals surface area contributed by atoms with Crippen LogP contribution in [0.15, 0.2) is 16.3 Å². The van der Waals surface area contributed by atoms with Crippen LogP contribution in [-0.4, -0.2) is 50.3 Å². The van der Waals surface area contributed by atoms with E-state index in [1.54, 1.807) is 6.07 Å². The van der Waals surface area contributed by atoms with E-state index in [1.807, 2.05) is 6.07 Å². The van der Waals surface area contributed by atoms with Crippen LogP contribution >= 0.6 is 11.3 Å². The van der Waals surface area contributed by atoms with Crippen LogP contribution in [0.1, 0.15) is 18.7 Å². The van der Waals surface area contributed by atoms with E-state index in [2.05, 4.69) is 18.7 Å². The molecule has 0 aliphatic carbocycles. The third kappa shape index (κ3) is 3.38. The lowest BCUT2D eigenvalue weighted by molar-refractivity contribution is 0.172. The van der Waals surface area contributed by atoms with Gasteiger partial charge in [0.25, 0.3) is 10.0 Å². The molecule has 0 spiro atoms. The molecule has 0 saturated carbocycles. The normalized spacial score (nSPS) is 18.3. The summed E-state index contributed by atoms with van der Waals surface area (Å²) in [7, 11) is -3.43. The Balaban J connectivity index is 2.04. The van der Waals surface area contributed by atoms with Crippen LogP contribution in [-0.2, 0) is 10.0 Å². The number of sulfonamides is 1. The Hall–Kier alpha value is -0.940. The van der Waals surface area contributed by atoms with Crippen molar-refractivity contribution in [3.8, 4) is 6.07 Å². The molecule has 1 saturated heterocycles. The molecular formula is C13H19N3O2S2. The Morgan fingerprint density at radius 1 is 1.30 bits per heavy atom. The maximum Gasteiger partial charge on any atom is 0.252 e. The molecule has 0 aromatic carbocycles. The standard InChI is InChI=1S/C13H19N3O2S2/c1-11(2)10-15-5-7-16(8-6-15)20(17,18)13-4-3-12(9-14)19-13/h3-4,11H,5-8,10H2,1-2H3. The summed E-state index contributed by atoms with van der Waals surface area (Å²) in [5, 5.41) is 8.79. The zero-order chi connectivity index (χ0) is 14.8. The number of nitrogens with zero attached hydrogens (tertiary/aromatic N) is 3. The summed E-state index contributed by atoms with van der Waals surface area (Å²) in [4.78, 5) is 2.73. The summed E-state index contributed by atoms with van der Waals surface area (Å²) in [6.45, 7) is 7.92. The second kappa shape index (κ2) is 6.22. The number of hydrogen-bond donors (Lipinski definition) is 0. The Morgan fingerprint density at radius 2 is 1.95 bits per heavy atom. The summed E-state index contributed by atoms with van der Waals surface area (Å²) in [6, 6.07) is 5.07. The molecule has 1 aliphatic heterocycles. The lowest BCUT2D eigenvalue weighted by Gasteiger charge is -2.34. The average Bonchev–Trinajstić information content (AvgIpc) is 2.88. The van der Waals surface area contributed by atoms with E-state index in [0.29, 0.717) is 23.9 Å². The fourth-order valence-corrected chi connectivity index (χ4v) is 4.99. The van der Waals surface area contributed by atoms with Gasteiger partial charge in [-0.3, -0.25) is 0 Å². The van der Waals surface area contributed by atoms with Gasteiger partial charge in [0.15, 0.2) is 0 Å². The maximum atomic E-state index is 12.5. The first-order chi connectivity index (χ1) is 9.43. The van der Waals surface area contributed by atoms with Gasteiger partial charge in [-0.15, -0.1) is 11.3 Å². The van der Waals surface area contributed by atoms with Gasteiger partial charge in [-0.1, -0.05) is 13.8 Å². The molecule has 1 aliphatic rings. The molecule has 0 atom stereocenters. The fraction of sp³-hybridized carbons (Fsp3) is 0.615. The van der Waals surface area contributed by atoms with Gasteiger partial charge in [-0.25, -0.2) is 8.42 Å². The van der Waals surface area contributed by atoms with Crippen molar-refractivity contribution in [2.24, 2.45) is 5.92 Å². The Labute approximate surface area is 124 Å². The van der Waals surface area contributed by atoms with Gasteiger partial charge < -0.3 is 4.90 Å². The molecule has 1 fully saturated rings. The highest BCUT2D eigenvalue weighted by Gasteiger charge is 2.29. The fourth-order valence-electron chi connectivity index (χ4n) is 2.31. The second-order valence-electron chi connectivity index (χ2n) is 5.33. The minimum absolute atomic E-state index is 0.270. The summed E-state index contributed by atoms with van der Waals surface area (Å²) in [5.41, 5.74) is 0. The molecule has 1 aromatic rings. The lowest BCUT2D eigenvalue weighted by atomic mass is 10.2. The average molecular weight is 313 g/mol. The Morgan fingerprint density at radius 3 is 2.45 bits per heavy atom. The third-order valence-corrected chi connectivity index (χ3v) is 6.60. The van der Waals surface area contributed by atoms with Crippen molar-refractivity contribution < 1.29 is 8.42 Å². The van der Waals surface area contributed by atoms with Gasteiger partial charge in [-0.05, 0) is 18.1 Å². The van der Waals surface area contributed by atoms with Crippen molar-refractivity contribution in [1.29, 1.82) is 5.26 Å². The predicted octanol–water partition coefficient (Wildman–Crippen LogP) is 1.58. The Bertz CT molecular complexity index is 593. The molecule has 20 heavy (non-hydrogen) atoms. The van der Waals surface area contributed by atoms with Crippen molar-refractivity contribution in [3.05, 3.63) is 17.0 Å². The smallest absolute Gasteiger partial charge is 0.252 e. The van der Waals surface area contributed by atoms with Crippen molar-refractivity contribution in [3.63, 3.8) is 0 Å². The molecular weight excluding hydrogens is 294 g/mol. The van der Waals surface area contributed by atoms with Crippen LogP contribution in [0.25, 0.3) is 0 Å². The van der Waals surface area contributed by atoms with E-state index >= 15 is 0 Å². The number of nitriles is 1. The highest BCUT2D eigenvalue weighted by molar-refractivity contribution is 7.91. The molecule has 2 heterocycles. The molecule has 2 rings (SSSR count). The van der Waals surface area contributed by atoms with Crippen LogP contribution in [0.3, 0.4) is 0 Å². The zero-order valence-corrected chi connectivity index (χ0v) is 13.4. The molecule has 0 amide bonds. The van der Waals surface area contributed by atoms with Crippen LogP contribution < -0.4 is 0 Å². The number of thiophene rings is 1. The highest BCUT2D eigenvalue weighted by Crippen LogP contribution is 2.25. The van der Waals surface area contributed by atoms with Gasteiger partial charge >= 0.3 is 0 Å². The first-order valence-electron chi connectivity index (χ1n) is 6.66. The summed E-state index contributed by atoms with van der Waals surface area (Å²) < 4.78 is 26.7. The maximum absolute atomic E-state index is 12.5. The van der Waals surface area contributed by atoms with Crippen molar-refractivity contribution >= 4 is 21.4 Å². The van der Waals surface area contributed by atoms with Gasteiger partial charge in [-0.2, -0.15) is 9.57 Å². The van der Waals surface area contributed by atoms with E-state index in [1.165, 1.54) is 10.4 Å². The van der Waals surface area contributed by atoms with Crippen LogP contribution in [0.4, 0.5) is 0 Å². The van der Waals surface area contributed by atoms with E-state index in [9.17, 15) is 8.42 Å². The van der Waals surface area contributed by atoms with Gasteiger partial charge in [0.05, 0.1) is 0 Å². The van der Waals surface area contributed by atoms with E-state index in [-0.39, 0.29) is 4.21 Å². The van der Waals surface area contributed by atoms with Gasteiger partial charge in [0.2, 0.25) is 0 Å². The Kier molecular flexibility index (Phi) is 4.81. The topological polar surface area (TPSA) is 64.4 Å². The highest BCUT2D eigenvalue weighted by atomic mass is 32.2. The number of piperazine rings is 1. The van der Waals surface area contributed by atoms with Crippen LogP contribution in [0, 0.1) is 17.2 Å². The van der Waals surface area contributed by atoms with Crippen LogP contribution in [0.2, 0.25) is 0 Å². The summed E-state index contributed by atoms with van der Waals surface area (Å²) >= 11 is 1.04. The first-order valence-corrected chi connectivity index (χ1v) is 8.91. The quantitative estimate of drug-likeness (QED) is 0.846. The van der Waals surface area contributed by atoms with Gasteiger partial charge in [0, 0.05) is 32.7 Å². The predicted molar refractivity (Wildman–Crippen MR) is 79.1 cm³/mol. The van der Waals surface area contributed by atoms with E-state index in [0.717, 1.165) is 31.0 Å². The molecule has 1 aromatic heterocycles. The SMILES string of the molecule is CC(C)CN1CCN(S(=O)(=O)c2ccc(C#N)s2)CC1. The number of hydrogen-bond acceptors (Lipinski definition) is 5. The van der Waals surface area contributed by atoms with E-state index < -0.39 is 10.0 Å². The monoisotopic (exact) mass is 313 g/mol. The minimum Gasteiger partial charge on any atom is -0.300 e. The molecule has 110 valence electrons. The zero-order valence-electron chi connectivity index (χ0n) is 11.7. The lowest BCUT2D eigenvalue weighted by Crippen LogP contribution is -2.49. The molecule has 7 heteroatoms. The van der Waals surface area contributed by atoms with Crippen molar-refractivity contribution in [2.75, 3.05) is 32.7 Å². The number of rotatable bonds is 4. The first kappa shape index (κ1) is 15.4. The third-order valence-electron chi connectivity index (χ3n) is 3.24. The van der Waals surface area contributed by atoms with Gasteiger partial charge in [0.1, 0.15) is 15.2 Å². The minimum atomic E-state index is -3.43. The second-order valence-corrected chi connectivity index (χ2v) is 8.58. The molecule has 0 N–H and O–H groups in total.